The molecule has 0 aliphatic carbocycles. The summed E-state index contributed by atoms with van der Waals surface area (Å²) < 4.78 is 13.0. The lowest BCUT2D eigenvalue weighted by molar-refractivity contribution is 0.101. The molecule has 1 heterocycles. The normalized spacial score (nSPS) is 19.1. The second-order valence-electron chi connectivity index (χ2n) is 7.35. The molecule has 0 aromatic heterocycles. The summed E-state index contributed by atoms with van der Waals surface area (Å²) in [6.07, 6.45) is 2.62. The highest BCUT2D eigenvalue weighted by Gasteiger charge is 2.23. The molecule has 2 amide bonds. The summed E-state index contributed by atoms with van der Waals surface area (Å²) in [4.78, 5) is 25.6. The van der Waals surface area contributed by atoms with Gasteiger partial charge in [0.25, 0.3) is 0 Å². The fourth-order valence-corrected chi connectivity index (χ4v) is 3.46. The number of amides is 2. The predicted molar refractivity (Wildman–Crippen MR) is 108 cm³/mol. The fraction of sp³-hybridized carbons (Fsp3) is 0.364. The number of Topliss-reactive ketones (excluding diaryl/α,β-unsaturated/α-hetero) is 1. The van der Waals surface area contributed by atoms with E-state index in [0.717, 1.165) is 31.4 Å². The van der Waals surface area contributed by atoms with Crippen LogP contribution in [0.1, 0.15) is 35.7 Å². The number of rotatable bonds is 5. The van der Waals surface area contributed by atoms with Gasteiger partial charge >= 0.3 is 6.03 Å². The molecule has 1 saturated heterocycles. The first-order valence-electron chi connectivity index (χ1n) is 9.55. The minimum Gasteiger partial charge on any atom is -0.322 e. The van der Waals surface area contributed by atoms with Crippen LogP contribution in [0.15, 0.2) is 48.5 Å². The van der Waals surface area contributed by atoms with Crippen molar-refractivity contribution in [2.75, 3.05) is 18.5 Å². The Hall–Kier alpha value is -2.73. The maximum absolute atomic E-state index is 13.0. The summed E-state index contributed by atoms with van der Waals surface area (Å²) >= 11 is 0. The molecule has 0 saturated carbocycles. The van der Waals surface area contributed by atoms with Crippen LogP contribution in [0.2, 0.25) is 0 Å². The zero-order chi connectivity index (χ0) is 20.1. The van der Waals surface area contributed by atoms with E-state index in [2.05, 4.69) is 10.6 Å². The average Bonchev–Trinajstić information content (AvgIpc) is 2.70. The molecule has 1 aliphatic heterocycles. The van der Waals surface area contributed by atoms with Crippen molar-refractivity contribution in [3.8, 4) is 0 Å². The van der Waals surface area contributed by atoms with E-state index in [1.54, 1.807) is 31.3 Å². The number of ketones is 1. The molecule has 2 N–H and O–H groups in total. The summed E-state index contributed by atoms with van der Waals surface area (Å²) in [6, 6.07) is 13.5. The van der Waals surface area contributed by atoms with E-state index in [-0.39, 0.29) is 23.8 Å². The van der Waals surface area contributed by atoms with Gasteiger partial charge in [-0.05, 0) is 61.9 Å². The van der Waals surface area contributed by atoms with Gasteiger partial charge in [-0.15, -0.1) is 0 Å². The van der Waals surface area contributed by atoms with Crippen LogP contribution < -0.4 is 15.5 Å². The average molecular weight is 383 g/mol. The van der Waals surface area contributed by atoms with Gasteiger partial charge < -0.3 is 5.32 Å². The van der Waals surface area contributed by atoms with E-state index in [0.29, 0.717) is 17.2 Å². The molecule has 6 heteroatoms. The van der Waals surface area contributed by atoms with Crippen LogP contribution in [0, 0.1) is 11.7 Å². The van der Waals surface area contributed by atoms with Crippen molar-refractivity contribution in [1.29, 1.82) is 0 Å². The molecule has 3 rings (SSSR count). The molecule has 0 bridgehead atoms. The van der Waals surface area contributed by atoms with Crippen LogP contribution in [-0.2, 0) is 6.42 Å². The van der Waals surface area contributed by atoms with Crippen molar-refractivity contribution in [2.24, 2.45) is 5.92 Å². The van der Waals surface area contributed by atoms with E-state index in [1.165, 1.54) is 24.0 Å². The highest BCUT2D eigenvalue weighted by Crippen LogP contribution is 2.20. The van der Waals surface area contributed by atoms with E-state index >= 15 is 0 Å². The number of carbonyl (C=O) groups is 2. The first-order valence-corrected chi connectivity index (χ1v) is 9.55. The lowest BCUT2D eigenvalue weighted by Crippen LogP contribution is -2.53. The topological polar surface area (TPSA) is 61.4 Å². The Labute approximate surface area is 164 Å². The Balaban J connectivity index is 1.49. The quantitative estimate of drug-likeness (QED) is 0.773. The van der Waals surface area contributed by atoms with Gasteiger partial charge in [-0.2, -0.15) is 0 Å². The van der Waals surface area contributed by atoms with Crippen LogP contribution in [-0.4, -0.2) is 31.6 Å². The van der Waals surface area contributed by atoms with Crippen LogP contribution in [0.3, 0.4) is 0 Å². The van der Waals surface area contributed by atoms with Gasteiger partial charge in [-0.3, -0.25) is 15.0 Å². The molecule has 5 nitrogen and oxygen atoms in total. The molecule has 2 aromatic carbocycles. The number of nitrogens with zero attached hydrogens (tertiary/aromatic N) is 1. The third kappa shape index (κ3) is 5.16. The fourth-order valence-electron chi connectivity index (χ4n) is 3.46. The Bertz CT molecular complexity index is 830. The summed E-state index contributed by atoms with van der Waals surface area (Å²) in [7, 11) is 1.69. The van der Waals surface area contributed by atoms with Crippen LogP contribution in [0.5, 0.6) is 0 Å². The molecule has 2 aromatic rings. The van der Waals surface area contributed by atoms with Crippen LogP contribution in [0.4, 0.5) is 14.9 Å². The molecular formula is C22H26FN3O2. The molecule has 28 heavy (non-hydrogen) atoms. The summed E-state index contributed by atoms with van der Waals surface area (Å²) in [6.45, 7) is 2.30. The Kier molecular flexibility index (Phi) is 6.41. The number of hydrogen-bond donors (Lipinski definition) is 2. The van der Waals surface area contributed by atoms with Gasteiger partial charge in [0.15, 0.2) is 5.78 Å². The highest BCUT2D eigenvalue weighted by atomic mass is 19.1. The van der Waals surface area contributed by atoms with Crippen LogP contribution >= 0.6 is 0 Å². The van der Waals surface area contributed by atoms with Crippen LogP contribution in [0.25, 0.3) is 0 Å². The molecule has 0 spiro atoms. The first-order chi connectivity index (χ1) is 13.4. The van der Waals surface area contributed by atoms with E-state index < -0.39 is 0 Å². The largest absolute Gasteiger partial charge is 0.322 e. The molecule has 0 unspecified atom stereocenters. The number of anilines is 1. The smallest absolute Gasteiger partial charge is 0.322 e. The number of halogens is 1. The van der Waals surface area contributed by atoms with Crippen molar-refractivity contribution in [1.82, 2.24) is 10.6 Å². The standard InChI is InChI=1S/C22H26FN3O2/c1-15(27)18-4-3-5-20(13-18)26(2)22(28)25-21-11-8-17(14-24-21)12-16-6-9-19(23)10-7-16/h3-7,9-10,13,17,21,24H,8,11-12,14H2,1-2H3,(H,25,28)/t17-,21+/m0/s1. The molecule has 1 aliphatic rings. The van der Waals surface area contributed by atoms with Gasteiger partial charge in [-0.1, -0.05) is 24.3 Å². The lowest BCUT2D eigenvalue weighted by atomic mass is 9.91. The number of urea groups is 1. The second-order valence-corrected chi connectivity index (χ2v) is 7.35. The summed E-state index contributed by atoms with van der Waals surface area (Å²) in [5, 5.41) is 6.38. The minimum absolute atomic E-state index is 0.0307. The summed E-state index contributed by atoms with van der Waals surface area (Å²) in [5.41, 5.74) is 2.38. The number of benzene rings is 2. The monoisotopic (exact) mass is 383 g/mol. The molecule has 1 fully saturated rings. The molecule has 2 atom stereocenters. The number of carbonyl (C=O) groups excluding carboxylic acids is 2. The van der Waals surface area contributed by atoms with Crippen molar-refractivity contribution in [3.05, 3.63) is 65.5 Å². The van der Waals surface area contributed by atoms with E-state index in [9.17, 15) is 14.0 Å². The van der Waals surface area contributed by atoms with E-state index in [1.807, 2.05) is 12.1 Å². The third-order valence-electron chi connectivity index (χ3n) is 5.20. The zero-order valence-corrected chi connectivity index (χ0v) is 16.2. The Morgan fingerprint density at radius 1 is 1.18 bits per heavy atom. The lowest BCUT2D eigenvalue weighted by Gasteiger charge is -2.32. The SMILES string of the molecule is CC(=O)c1cccc(N(C)C(=O)N[C@@H]2CC[C@@H](Cc3ccc(F)cc3)CN2)c1. The van der Waals surface area contributed by atoms with E-state index in [4.69, 9.17) is 0 Å². The Morgan fingerprint density at radius 3 is 2.57 bits per heavy atom. The van der Waals surface area contributed by atoms with Crippen molar-refractivity contribution < 1.29 is 14.0 Å². The molecule has 148 valence electrons. The third-order valence-corrected chi connectivity index (χ3v) is 5.20. The van der Waals surface area contributed by atoms with Gasteiger partial charge in [0.1, 0.15) is 5.82 Å². The second kappa shape index (κ2) is 8.97. The van der Waals surface area contributed by atoms with Gasteiger partial charge in [0.05, 0.1) is 6.17 Å². The Morgan fingerprint density at radius 2 is 1.93 bits per heavy atom. The molecule has 0 radical (unpaired) electrons. The van der Waals surface area contributed by atoms with Crippen molar-refractivity contribution >= 4 is 17.5 Å². The predicted octanol–water partition coefficient (Wildman–Crippen LogP) is 3.74. The highest BCUT2D eigenvalue weighted by molar-refractivity contribution is 5.97. The summed E-state index contributed by atoms with van der Waals surface area (Å²) in [5.74, 6) is 0.214. The number of piperidine rings is 1. The van der Waals surface area contributed by atoms with Gasteiger partial charge in [0, 0.05) is 24.8 Å². The first kappa shape index (κ1) is 20.0. The molecular weight excluding hydrogens is 357 g/mol. The maximum atomic E-state index is 13.0. The van der Waals surface area contributed by atoms with Gasteiger partial charge in [0.2, 0.25) is 0 Å². The van der Waals surface area contributed by atoms with Gasteiger partial charge in [-0.25, -0.2) is 9.18 Å². The number of hydrogen-bond acceptors (Lipinski definition) is 3. The number of nitrogens with one attached hydrogen (secondary N) is 2. The maximum Gasteiger partial charge on any atom is 0.322 e. The van der Waals surface area contributed by atoms with Crippen molar-refractivity contribution in [3.63, 3.8) is 0 Å². The van der Waals surface area contributed by atoms with Crippen molar-refractivity contribution in [2.45, 2.75) is 32.4 Å². The zero-order valence-electron chi connectivity index (χ0n) is 16.2. The minimum atomic E-state index is -0.216.